The molecule has 1 atom stereocenters. The minimum absolute atomic E-state index is 0.288. The van der Waals surface area contributed by atoms with Crippen molar-refractivity contribution in [3.8, 4) is 17.2 Å². The molecule has 37 heavy (non-hydrogen) atoms. The van der Waals surface area contributed by atoms with Crippen LogP contribution in [0, 0.1) is 0 Å². The van der Waals surface area contributed by atoms with Crippen molar-refractivity contribution in [3.05, 3.63) is 84.5 Å². The summed E-state index contributed by atoms with van der Waals surface area (Å²) in [6.07, 6.45) is 1.71. The number of carbonyl (C=O) groups is 2. The molecule has 4 rings (SSSR count). The number of esters is 2. The number of ether oxygens (including phenoxy) is 4. The van der Waals surface area contributed by atoms with Gasteiger partial charge in [-0.3, -0.25) is 14.2 Å². The van der Waals surface area contributed by atoms with Crippen LogP contribution in [0.5, 0.6) is 17.2 Å². The zero-order valence-electron chi connectivity index (χ0n) is 21.1. The monoisotopic (exact) mass is 522 g/mol. The van der Waals surface area contributed by atoms with E-state index in [2.05, 4.69) is 4.99 Å². The Morgan fingerprint density at radius 3 is 2.46 bits per heavy atom. The van der Waals surface area contributed by atoms with Crippen LogP contribution in [0.1, 0.15) is 37.9 Å². The Morgan fingerprint density at radius 2 is 1.84 bits per heavy atom. The Kier molecular flexibility index (Phi) is 7.58. The molecule has 192 valence electrons. The number of nitrogens with zero attached hydrogens (tertiary/aromatic N) is 2. The molecule has 0 N–H and O–H groups in total. The fourth-order valence-corrected chi connectivity index (χ4v) is 5.11. The highest BCUT2D eigenvalue weighted by Crippen LogP contribution is 2.32. The summed E-state index contributed by atoms with van der Waals surface area (Å²) in [5.41, 5.74) is 1.85. The quantitative estimate of drug-likeness (QED) is 0.347. The molecule has 3 aromatic rings. The molecule has 0 bridgehead atoms. The van der Waals surface area contributed by atoms with E-state index in [0.717, 1.165) is 0 Å². The first kappa shape index (κ1) is 25.9. The zero-order chi connectivity index (χ0) is 26.7. The Labute approximate surface area is 216 Å². The van der Waals surface area contributed by atoms with Crippen molar-refractivity contribution in [2.75, 3.05) is 20.8 Å². The number of thiazole rings is 1. The molecular formula is C27H26N2O7S. The lowest BCUT2D eigenvalue weighted by Gasteiger charge is -2.24. The van der Waals surface area contributed by atoms with Crippen LogP contribution < -0.4 is 29.1 Å². The first-order chi connectivity index (χ1) is 17.8. The zero-order valence-corrected chi connectivity index (χ0v) is 21.9. The Hall–Kier alpha value is -4.18. The van der Waals surface area contributed by atoms with Gasteiger partial charge in [-0.1, -0.05) is 29.5 Å². The van der Waals surface area contributed by atoms with Crippen molar-refractivity contribution >= 4 is 29.4 Å². The number of benzene rings is 2. The highest BCUT2D eigenvalue weighted by molar-refractivity contribution is 7.07. The van der Waals surface area contributed by atoms with Gasteiger partial charge in [-0.15, -0.1) is 0 Å². The standard InChI is InChI=1S/C27H26N2O7S/c1-6-35-21-13-17(7-12-20(21)36-16(3)30)14-22-25(31)29-24(18-8-10-19(33-4)11-9-18)23(26(32)34-5)15(2)28-27(29)37-22/h7-14,24H,6H2,1-5H3/b22-14+/t24-/m1/s1. The lowest BCUT2D eigenvalue weighted by atomic mass is 9.96. The smallest absolute Gasteiger partial charge is 0.338 e. The molecule has 0 saturated heterocycles. The third kappa shape index (κ3) is 5.19. The molecule has 0 fully saturated rings. The van der Waals surface area contributed by atoms with Crippen LogP contribution in [0.4, 0.5) is 0 Å². The lowest BCUT2D eigenvalue weighted by Crippen LogP contribution is -2.39. The Morgan fingerprint density at radius 1 is 1.11 bits per heavy atom. The Balaban J connectivity index is 1.88. The summed E-state index contributed by atoms with van der Waals surface area (Å²) in [6, 6.07) is 11.5. The molecule has 9 nitrogen and oxygen atoms in total. The van der Waals surface area contributed by atoms with Crippen LogP contribution >= 0.6 is 11.3 Å². The maximum absolute atomic E-state index is 13.7. The summed E-state index contributed by atoms with van der Waals surface area (Å²) < 4.78 is 23.1. The van der Waals surface area contributed by atoms with Crippen LogP contribution in [-0.4, -0.2) is 37.3 Å². The van der Waals surface area contributed by atoms with Gasteiger partial charge in [0.15, 0.2) is 16.3 Å². The lowest BCUT2D eigenvalue weighted by molar-refractivity contribution is -0.136. The topological polar surface area (TPSA) is 105 Å². The highest BCUT2D eigenvalue weighted by Gasteiger charge is 2.33. The van der Waals surface area contributed by atoms with Crippen molar-refractivity contribution in [3.63, 3.8) is 0 Å². The first-order valence-corrected chi connectivity index (χ1v) is 12.3. The number of methoxy groups -OCH3 is 2. The van der Waals surface area contributed by atoms with Gasteiger partial charge in [-0.05, 0) is 55.3 Å². The van der Waals surface area contributed by atoms with E-state index < -0.39 is 18.0 Å². The molecule has 0 spiro atoms. The average molecular weight is 523 g/mol. The summed E-state index contributed by atoms with van der Waals surface area (Å²) in [6.45, 7) is 5.23. The molecule has 2 aromatic carbocycles. The molecule has 0 amide bonds. The van der Waals surface area contributed by atoms with Crippen molar-refractivity contribution < 1.29 is 28.5 Å². The molecule has 0 aliphatic carbocycles. The number of fused-ring (bicyclic) bond motifs is 1. The van der Waals surface area contributed by atoms with Crippen LogP contribution in [-0.2, 0) is 14.3 Å². The molecule has 2 heterocycles. The largest absolute Gasteiger partial charge is 0.497 e. The molecular weight excluding hydrogens is 496 g/mol. The normalized spacial score (nSPS) is 15.1. The predicted octanol–water partition coefficient (Wildman–Crippen LogP) is 2.74. The van der Waals surface area contributed by atoms with Gasteiger partial charge in [-0.25, -0.2) is 9.79 Å². The van der Waals surface area contributed by atoms with E-state index in [4.69, 9.17) is 18.9 Å². The molecule has 10 heteroatoms. The number of allylic oxidation sites excluding steroid dienone is 1. The average Bonchev–Trinajstić information content (AvgIpc) is 3.18. The number of carbonyl (C=O) groups excluding carboxylic acids is 2. The van der Waals surface area contributed by atoms with Crippen molar-refractivity contribution in [1.82, 2.24) is 4.57 Å². The van der Waals surface area contributed by atoms with E-state index in [-0.39, 0.29) is 11.1 Å². The van der Waals surface area contributed by atoms with Crippen molar-refractivity contribution in [2.45, 2.75) is 26.8 Å². The third-order valence-electron chi connectivity index (χ3n) is 5.68. The highest BCUT2D eigenvalue weighted by atomic mass is 32.1. The molecule has 0 unspecified atom stereocenters. The van der Waals surface area contributed by atoms with Gasteiger partial charge in [0.1, 0.15) is 5.75 Å². The molecule has 1 aliphatic rings. The van der Waals surface area contributed by atoms with Crippen LogP contribution in [0.2, 0.25) is 0 Å². The van der Waals surface area contributed by atoms with Gasteiger partial charge >= 0.3 is 11.9 Å². The number of hydrogen-bond donors (Lipinski definition) is 0. The number of rotatable bonds is 7. The molecule has 1 aliphatic heterocycles. The molecule has 0 radical (unpaired) electrons. The Bertz CT molecular complexity index is 1570. The second-order valence-corrected chi connectivity index (χ2v) is 9.09. The second kappa shape index (κ2) is 10.8. The van der Waals surface area contributed by atoms with E-state index in [1.165, 1.54) is 29.9 Å². The minimum atomic E-state index is -0.720. The van der Waals surface area contributed by atoms with Gasteiger partial charge in [0, 0.05) is 6.92 Å². The SMILES string of the molecule is CCOc1cc(/C=c2/sc3n(c2=O)[C@H](c2ccc(OC)cc2)C(C(=O)OC)=C(C)N=3)ccc1OC(C)=O. The summed E-state index contributed by atoms with van der Waals surface area (Å²) in [4.78, 5) is 42.9. The van der Waals surface area contributed by atoms with E-state index >= 15 is 0 Å². The van der Waals surface area contributed by atoms with E-state index in [1.807, 2.05) is 19.1 Å². The van der Waals surface area contributed by atoms with Crippen molar-refractivity contribution in [2.24, 2.45) is 4.99 Å². The summed E-state index contributed by atoms with van der Waals surface area (Å²) in [5, 5.41) is 0. The second-order valence-electron chi connectivity index (χ2n) is 8.08. The van der Waals surface area contributed by atoms with Gasteiger partial charge in [0.2, 0.25) is 0 Å². The summed E-state index contributed by atoms with van der Waals surface area (Å²) >= 11 is 1.21. The third-order valence-corrected chi connectivity index (χ3v) is 6.66. The van der Waals surface area contributed by atoms with Crippen LogP contribution in [0.3, 0.4) is 0 Å². The van der Waals surface area contributed by atoms with E-state index in [0.29, 0.717) is 50.0 Å². The fourth-order valence-electron chi connectivity index (χ4n) is 4.07. The number of hydrogen-bond acceptors (Lipinski definition) is 9. The van der Waals surface area contributed by atoms with E-state index in [9.17, 15) is 14.4 Å². The maximum Gasteiger partial charge on any atom is 0.338 e. The van der Waals surface area contributed by atoms with Gasteiger partial charge in [0.05, 0.1) is 42.7 Å². The van der Waals surface area contributed by atoms with Crippen LogP contribution in [0.25, 0.3) is 6.08 Å². The number of aromatic nitrogens is 1. The van der Waals surface area contributed by atoms with Crippen LogP contribution in [0.15, 0.2) is 63.5 Å². The summed E-state index contributed by atoms with van der Waals surface area (Å²) in [5.74, 6) is 0.319. The van der Waals surface area contributed by atoms with Gasteiger partial charge in [-0.2, -0.15) is 0 Å². The molecule has 1 aromatic heterocycles. The fraction of sp³-hybridized carbons (Fsp3) is 0.259. The van der Waals surface area contributed by atoms with Crippen molar-refractivity contribution in [1.29, 1.82) is 0 Å². The maximum atomic E-state index is 13.7. The predicted molar refractivity (Wildman–Crippen MR) is 138 cm³/mol. The minimum Gasteiger partial charge on any atom is -0.497 e. The molecule has 0 saturated carbocycles. The first-order valence-electron chi connectivity index (χ1n) is 11.5. The van der Waals surface area contributed by atoms with Gasteiger partial charge < -0.3 is 18.9 Å². The van der Waals surface area contributed by atoms with Gasteiger partial charge in [0.25, 0.3) is 5.56 Å². The summed E-state index contributed by atoms with van der Waals surface area (Å²) in [7, 11) is 2.87. The van der Waals surface area contributed by atoms with E-state index in [1.54, 1.807) is 50.4 Å².